The number of ether oxygens (including phenoxy) is 1. The normalized spacial score (nSPS) is 15.5. The van der Waals surface area contributed by atoms with Crippen molar-refractivity contribution in [2.75, 3.05) is 13.1 Å². The lowest BCUT2D eigenvalue weighted by Gasteiger charge is -2.28. The zero-order valence-electron chi connectivity index (χ0n) is 16.7. The molecule has 1 aliphatic heterocycles. The van der Waals surface area contributed by atoms with Crippen LogP contribution in [0.2, 0.25) is 0 Å². The molecule has 1 atom stereocenters. The second-order valence-corrected chi connectivity index (χ2v) is 7.19. The number of hydrogen-bond donors (Lipinski definition) is 2. The second-order valence-electron chi connectivity index (χ2n) is 7.19. The topological polar surface area (TPSA) is 69.3 Å². The number of fused-ring (bicyclic) bond motifs is 1. The Kier molecular flexibility index (Phi) is 6.80. The van der Waals surface area contributed by atoms with Gasteiger partial charge >= 0.3 is 6.36 Å². The van der Waals surface area contributed by atoms with Crippen LogP contribution in [0, 0.1) is 5.82 Å². The van der Waals surface area contributed by atoms with Gasteiger partial charge in [0.25, 0.3) is 5.91 Å². The van der Waals surface area contributed by atoms with Crippen LogP contribution in [0.25, 0.3) is 22.4 Å². The van der Waals surface area contributed by atoms with Gasteiger partial charge < -0.3 is 20.4 Å². The number of carbonyl (C=O) groups is 1. The fourth-order valence-electron chi connectivity index (χ4n) is 3.91. The lowest BCUT2D eigenvalue weighted by Crippen LogP contribution is -2.39. The van der Waals surface area contributed by atoms with E-state index in [1.807, 2.05) is 0 Å². The quantitative estimate of drug-likeness (QED) is 0.521. The lowest BCUT2D eigenvalue weighted by atomic mass is 10.0. The number of nitrogens with two attached hydrogens (primary N) is 1. The molecular formula is C22H20ClF4N3O2. The number of halogens is 5. The average molecular weight is 470 g/mol. The molecule has 0 unspecified atom stereocenters. The van der Waals surface area contributed by atoms with Gasteiger partial charge in [-0.3, -0.25) is 4.79 Å². The summed E-state index contributed by atoms with van der Waals surface area (Å²) in [5, 5.41) is 2.81. The Hall–Kier alpha value is -3.04. The summed E-state index contributed by atoms with van der Waals surface area (Å²) in [4.78, 5) is 12.6. The van der Waals surface area contributed by atoms with E-state index in [4.69, 9.17) is 5.73 Å². The van der Waals surface area contributed by atoms with Crippen molar-refractivity contribution in [1.29, 1.82) is 0 Å². The number of amides is 1. The Balaban J connectivity index is 0.00000289. The molecule has 0 bridgehead atoms. The maximum Gasteiger partial charge on any atom is 0.573 e. The molecule has 0 aliphatic carbocycles. The van der Waals surface area contributed by atoms with E-state index in [2.05, 4.69) is 10.1 Å². The summed E-state index contributed by atoms with van der Waals surface area (Å²) in [6, 6.07) is 12.8. The monoisotopic (exact) mass is 469 g/mol. The molecule has 3 aromatic rings. The van der Waals surface area contributed by atoms with E-state index in [1.165, 1.54) is 30.3 Å². The molecule has 4 rings (SSSR count). The van der Waals surface area contributed by atoms with Crippen molar-refractivity contribution < 1.29 is 27.1 Å². The smallest absolute Gasteiger partial charge is 0.406 e. The van der Waals surface area contributed by atoms with Crippen LogP contribution < -0.4 is 15.8 Å². The largest absolute Gasteiger partial charge is 0.573 e. The van der Waals surface area contributed by atoms with E-state index in [9.17, 15) is 22.4 Å². The first-order valence-electron chi connectivity index (χ1n) is 9.62. The van der Waals surface area contributed by atoms with Crippen LogP contribution in [-0.4, -0.2) is 29.9 Å². The van der Waals surface area contributed by atoms with Crippen molar-refractivity contribution in [3.63, 3.8) is 0 Å². The number of nitrogens with zero attached hydrogens (tertiary/aromatic N) is 1. The van der Waals surface area contributed by atoms with Crippen molar-refractivity contribution >= 4 is 18.3 Å². The maximum atomic E-state index is 14.0. The molecule has 0 saturated heterocycles. The van der Waals surface area contributed by atoms with E-state index in [0.29, 0.717) is 47.6 Å². The van der Waals surface area contributed by atoms with Crippen molar-refractivity contribution in [2.45, 2.75) is 18.8 Å². The summed E-state index contributed by atoms with van der Waals surface area (Å²) in [7, 11) is 0. The molecule has 2 aromatic carbocycles. The minimum absolute atomic E-state index is 0. The highest BCUT2D eigenvalue weighted by molar-refractivity contribution is 5.98. The highest BCUT2D eigenvalue weighted by Gasteiger charge is 2.32. The van der Waals surface area contributed by atoms with Gasteiger partial charge in [0.05, 0.1) is 11.7 Å². The van der Waals surface area contributed by atoms with E-state index in [0.717, 1.165) is 0 Å². The fourth-order valence-corrected chi connectivity index (χ4v) is 3.91. The number of nitrogens with one attached hydrogen (secondary N) is 1. The number of carbonyl (C=O) groups excluding carboxylic acids is 1. The number of alkyl halides is 3. The first-order chi connectivity index (χ1) is 14.8. The molecule has 170 valence electrons. The molecule has 0 saturated carbocycles. The summed E-state index contributed by atoms with van der Waals surface area (Å²) in [6.07, 6.45) is -4.28. The Labute approximate surface area is 187 Å². The van der Waals surface area contributed by atoms with Crippen LogP contribution >= 0.6 is 12.4 Å². The summed E-state index contributed by atoms with van der Waals surface area (Å²) in [5.41, 5.74) is 8.02. The molecule has 5 nitrogen and oxygen atoms in total. The minimum Gasteiger partial charge on any atom is -0.406 e. The Morgan fingerprint density at radius 3 is 2.50 bits per heavy atom. The van der Waals surface area contributed by atoms with Gasteiger partial charge in [0.2, 0.25) is 0 Å². The molecule has 10 heteroatoms. The Bertz CT molecular complexity index is 1130. The van der Waals surface area contributed by atoms with E-state index < -0.39 is 12.2 Å². The zero-order chi connectivity index (χ0) is 22.2. The number of rotatable bonds is 5. The fraction of sp³-hybridized carbons (Fsp3) is 0.227. The Morgan fingerprint density at radius 1 is 1.09 bits per heavy atom. The van der Waals surface area contributed by atoms with Crippen molar-refractivity contribution in [1.82, 2.24) is 9.88 Å². The zero-order valence-corrected chi connectivity index (χ0v) is 17.5. The van der Waals surface area contributed by atoms with Gasteiger partial charge in [-0.1, -0.05) is 24.3 Å². The number of benzene rings is 2. The van der Waals surface area contributed by atoms with Crippen LogP contribution in [0.4, 0.5) is 17.6 Å². The second kappa shape index (κ2) is 9.22. The summed E-state index contributed by atoms with van der Waals surface area (Å²) >= 11 is 0. The van der Waals surface area contributed by atoms with Crippen LogP contribution in [0.5, 0.6) is 5.75 Å². The van der Waals surface area contributed by atoms with Crippen molar-refractivity contribution in [2.24, 2.45) is 5.73 Å². The maximum absolute atomic E-state index is 14.0. The van der Waals surface area contributed by atoms with Gasteiger partial charge in [0, 0.05) is 17.7 Å². The molecule has 32 heavy (non-hydrogen) atoms. The Morgan fingerprint density at radius 2 is 1.81 bits per heavy atom. The third-order valence-electron chi connectivity index (χ3n) is 5.11. The summed E-state index contributed by atoms with van der Waals surface area (Å²) in [6.45, 7) is 0.710. The highest BCUT2D eigenvalue weighted by atomic mass is 35.5. The van der Waals surface area contributed by atoms with Crippen molar-refractivity contribution in [3.8, 4) is 28.1 Å². The molecule has 1 aromatic heterocycles. The molecule has 3 N–H and O–H groups in total. The van der Waals surface area contributed by atoms with Gasteiger partial charge in [-0.05, 0) is 48.9 Å². The van der Waals surface area contributed by atoms with Gasteiger partial charge in [0.1, 0.15) is 17.3 Å². The molecule has 1 amide bonds. The molecular weight excluding hydrogens is 450 g/mol. The standard InChI is InChI=1S/C22H19F4N3O2.ClH/c23-15-5-1-4-14(9-15)20-18(13-3-2-6-17(10-13)31-22(24,25)26)11-19-21(30)28-12-16(7-8-27)29(19)20;/h1-6,9-11,16H,7-8,12,27H2,(H,28,30);1H/t16-;/m0./s1. The van der Waals surface area contributed by atoms with Crippen LogP contribution in [0.15, 0.2) is 54.6 Å². The SMILES string of the molecule is Cl.NCC[C@H]1CNC(=O)c2cc(-c3cccc(OC(F)(F)F)c3)c(-c3cccc(F)c3)n21. The van der Waals surface area contributed by atoms with Gasteiger partial charge in [-0.25, -0.2) is 4.39 Å². The molecule has 1 aliphatic rings. The first kappa shape index (κ1) is 23.6. The van der Waals surface area contributed by atoms with Crippen LogP contribution in [0.3, 0.4) is 0 Å². The van der Waals surface area contributed by atoms with Crippen LogP contribution in [-0.2, 0) is 0 Å². The van der Waals surface area contributed by atoms with Gasteiger partial charge in [0.15, 0.2) is 0 Å². The predicted octanol–water partition coefficient (Wildman–Crippen LogP) is 4.91. The average Bonchev–Trinajstić information content (AvgIpc) is 3.11. The van der Waals surface area contributed by atoms with Gasteiger partial charge in [-0.2, -0.15) is 0 Å². The van der Waals surface area contributed by atoms with Crippen molar-refractivity contribution in [3.05, 3.63) is 66.1 Å². The molecule has 0 radical (unpaired) electrons. The molecule has 2 heterocycles. The number of aromatic nitrogens is 1. The predicted molar refractivity (Wildman–Crippen MR) is 114 cm³/mol. The third-order valence-corrected chi connectivity index (χ3v) is 5.11. The molecule has 0 fully saturated rings. The highest BCUT2D eigenvalue weighted by Crippen LogP contribution is 2.40. The third kappa shape index (κ3) is 4.73. The summed E-state index contributed by atoms with van der Waals surface area (Å²) < 4.78 is 58.0. The summed E-state index contributed by atoms with van der Waals surface area (Å²) in [5.74, 6) is -1.18. The first-order valence-corrected chi connectivity index (χ1v) is 9.62. The number of hydrogen-bond acceptors (Lipinski definition) is 3. The minimum atomic E-state index is -4.84. The van der Waals surface area contributed by atoms with Gasteiger partial charge in [-0.15, -0.1) is 25.6 Å². The van der Waals surface area contributed by atoms with E-state index in [-0.39, 0.29) is 30.1 Å². The van der Waals surface area contributed by atoms with E-state index in [1.54, 1.807) is 28.8 Å². The lowest BCUT2D eigenvalue weighted by molar-refractivity contribution is -0.274. The van der Waals surface area contributed by atoms with E-state index >= 15 is 0 Å². The van der Waals surface area contributed by atoms with Crippen LogP contribution in [0.1, 0.15) is 23.0 Å². The molecule has 0 spiro atoms.